The molecular formula is C16H22FNO2. The SMILES string of the molecule is CCN(CCCO)Cc1cc(F)cc(C#CCCO)c1. The molecular weight excluding hydrogens is 257 g/mol. The number of rotatable bonds is 7. The van der Waals surface area contributed by atoms with Crippen LogP contribution in [0.2, 0.25) is 0 Å². The van der Waals surface area contributed by atoms with Gasteiger partial charge in [-0.2, -0.15) is 0 Å². The predicted molar refractivity (Wildman–Crippen MR) is 77.6 cm³/mol. The van der Waals surface area contributed by atoms with Gasteiger partial charge in [0.25, 0.3) is 0 Å². The summed E-state index contributed by atoms with van der Waals surface area (Å²) in [6.07, 6.45) is 1.11. The zero-order valence-electron chi connectivity index (χ0n) is 11.9. The summed E-state index contributed by atoms with van der Waals surface area (Å²) in [5.74, 6) is 5.35. The van der Waals surface area contributed by atoms with Crippen molar-refractivity contribution in [1.29, 1.82) is 0 Å². The van der Waals surface area contributed by atoms with Crippen molar-refractivity contribution < 1.29 is 14.6 Å². The quantitative estimate of drug-likeness (QED) is 0.748. The zero-order chi connectivity index (χ0) is 14.8. The molecule has 0 aromatic heterocycles. The van der Waals surface area contributed by atoms with Gasteiger partial charge in [0.15, 0.2) is 0 Å². The van der Waals surface area contributed by atoms with E-state index in [1.165, 1.54) is 12.1 Å². The molecule has 20 heavy (non-hydrogen) atoms. The summed E-state index contributed by atoms with van der Waals surface area (Å²) in [7, 11) is 0. The minimum Gasteiger partial charge on any atom is -0.396 e. The van der Waals surface area contributed by atoms with E-state index in [0.29, 0.717) is 24.9 Å². The summed E-state index contributed by atoms with van der Waals surface area (Å²) in [5, 5.41) is 17.5. The van der Waals surface area contributed by atoms with Crippen LogP contribution in [-0.2, 0) is 6.54 Å². The van der Waals surface area contributed by atoms with Crippen LogP contribution in [0.3, 0.4) is 0 Å². The van der Waals surface area contributed by atoms with Crippen LogP contribution in [0.15, 0.2) is 18.2 Å². The Morgan fingerprint density at radius 2 is 2.00 bits per heavy atom. The van der Waals surface area contributed by atoms with Gasteiger partial charge in [-0.1, -0.05) is 18.8 Å². The van der Waals surface area contributed by atoms with E-state index in [0.717, 1.165) is 18.7 Å². The second kappa shape index (κ2) is 9.49. The minimum absolute atomic E-state index is 0.0138. The van der Waals surface area contributed by atoms with Crippen molar-refractivity contribution in [1.82, 2.24) is 4.90 Å². The number of nitrogens with zero attached hydrogens (tertiary/aromatic N) is 1. The third-order valence-electron chi connectivity index (χ3n) is 2.91. The summed E-state index contributed by atoms with van der Waals surface area (Å²) in [6, 6.07) is 4.78. The van der Waals surface area contributed by atoms with Gasteiger partial charge in [-0.05, 0) is 36.7 Å². The number of hydrogen-bond donors (Lipinski definition) is 2. The fourth-order valence-electron chi connectivity index (χ4n) is 1.94. The molecule has 3 nitrogen and oxygen atoms in total. The third kappa shape index (κ3) is 6.16. The monoisotopic (exact) mass is 279 g/mol. The van der Waals surface area contributed by atoms with Gasteiger partial charge in [0, 0.05) is 31.7 Å². The lowest BCUT2D eigenvalue weighted by atomic mass is 10.1. The predicted octanol–water partition coefficient (Wildman–Crippen LogP) is 1.76. The van der Waals surface area contributed by atoms with E-state index in [1.807, 2.05) is 13.0 Å². The Morgan fingerprint density at radius 3 is 2.65 bits per heavy atom. The summed E-state index contributed by atoms with van der Waals surface area (Å²) < 4.78 is 13.6. The average molecular weight is 279 g/mol. The molecule has 0 saturated heterocycles. The first-order chi connectivity index (χ1) is 9.69. The molecule has 2 N–H and O–H groups in total. The first-order valence-electron chi connectivity index (χ1n) is 6.92. The van der Waals surface area contributed by atoms with Crippen LogP contribution in [0.4, 0.5) is 4.39 Å². The standard InChI is InChI=1S/C16H22FNO2/c1-2-18(7-5-9-20)13-15-10-14(6-3-4-8-19)11-16(17)12-15/h10-12,19-20H,2,4-5,7-9,13H2,1H3. The molecule has 4 heteroatoms. The van der Waals surface area contributed by atoms with Crippen molar-refractivity contribution in [3.8, 4) is 11.8 Å². The van der Waals surface area contributed by atoms with E-state index in [2.05, 4.69) is 16.7 Å². The molecule has 1 rings (SSSR count). The fourth-order valence-corrected chi connectivity index (χ4v) is 1.94. The number of aliphatic hydroxyl groups excluding tert-OH is 2. The lowest BCUT2D eigenvalue weighted by Crippen LogP contribution is -2.24. The van der Waals surface area contributed by atoms with Crippen molar-refractivity contribution in [2.45, 2.75) is 26.3 Å². The van der Waals surface area contributed by atoms with Crippen LogP contribution in [0, 0.1) is 17.7 Å². The van der Waals surface area contributed by atoms with E-state index in [1.54, 1.807) is 0 Å². The molecule has 0 aliphatic rings. The number of benzene rings is 1. The van der Waals surface area contributed by atoms with E-state index in [9.17, 15) is 4.39 Å². The van der Waals surface area contributed by atoms with Crippen LogP contribution in [0.25, 0.3) is 0 Å². The van der Waals surface area contributed by atoms with Gasteiger partial charge in [-0.15, -0.1) is 0 Å². The summed E-state index contributed by atoms with van der Waals surface area (Å²) in [5.41, 5.74) is 1.50. The Bertz CT molecular complexity index is 465. The lowest BCUT2D eigenvalue weighted by Gasteiger charge is -2.20. The Labute approximate surface area is 120 Å². The second-order valence-corrected chi connectivity index (χ2v) is 4.57. The van der Waals surface area contributed by atoms with Gasteiger partial charge in [0.1, 0.15) is 5.82 Å². The van der Waals surface area contributed by atoms with Crippen LogP contribution < -0.4 is 0 Å². The molecule has 0 heterocycles. The molecule has 0 spiro atoms. The van der Waals surface area contributed by atoms with Gasteiger partial charge >= 0.3 is 0 Å². The molecule has 0 saturated carbocycles. The summed E-state index contributed by atoms with van der Waals surface area (Å²) in [6.45, 7) is 4.50. The lowest BCUT2D eigenvalue weighted by molar-refractivity contribution is 0.225. The number of hydrogen-bond acceptors (Lipinski definition) is 3. The van der Waals surface area contributed by atoms with Gasteiger partial charge in [0.05, 0.1) is 6.61 Å². The van der Waals surface area contributed by atoms with Gasteiger partial charge in [0.2, 0.25) is 0 Å². The van der Waals surface area contributed by atoms with Crippen molar-refractivity contribution in [3.05, 3.63) is 35.1 Å². The molecule has 0 atom stereocenters. The Kier molecular flexibility index (Phi) is 7.89. The maximum Gasteiger partial charge on any atom is 0.124 e. The number of aliphatic hydroxyl groups is 2. The molecule has 1 aromatic rings. The van der Waals surface area contributed by atoms with Gasteiger partial charge in [-0.3, -0.25) is 4.90 Å². The molecule has 110 valence electrons. The summed E-state index contributed by atoms with van der Waals surface area (Å²) in [4.78, 5) is 2.15. The highest BCUT2D eigenvalue weighted by Gasteiger charge is 2.05. The van der Waals surface area contributed by atoms with E-state index >= 15 is 0 Å². The highest BCUT2D eigenvalue weighted by molar-refractivity contribution is 5.37. The van der Waals surface area contributed by atoms with Crippen LogP contribution >= 0.6 is 0 Å². The van der Waals surface area contributed by atoms with Gasteiger partial charge < -0.3 is 10.2 Å². The second-order valence-electron chi connectivity index (χ2n) is 4.57. The molecule has 0 unspecified atom stereocenters. The highest BCUT2D eigenvalue weighted by atomic mass is 19.1. The molecule has 0 bridgehead atoms. The first kappa shape index (κ1) is 16.6. The molecule has 0 amide bonds. The average Bonchev–Trinajstić information content (AvgIpc) is 2.43. The molecule has 0 aliphatic carbocycles. The van der Waals surface area contributed by atoms with E-state index < -0.39 is 0 Å². The molecule has 0 radical (unpaired) electrons. The summed E-state index contributed by atoms with van der Waals surface area (Å²) >= 11 is 0. The third-order valence-corrected chi connectivity index (χ3v) is 2.91. The van der Waals surface area contributed by atoms with Gasteiger partial charge in [-0.25, -0.2) is 4.39 Å². The molecule has 0 fully saturated rings. The van der Waals surface area contributed by atoms with Crippen molar-refractivity contribution in [2.75, 3.05) is 26.3 Å². The van der Waals surface area contributed by atoms with Crippen molar-refractivity contribution in [2.24, 2.45) is 0 Å². The van der Waals surface area contributed by atoms with Crippen LogP contribution in [-0.4, -0.2) is 41.4 Å². The zero-order valence-corrected chi connectivity index (χ0v) is 11.9. The maximum atomic E-state index is 13.6. The fraction of sp³-hybridized carbons (Fsp3) is 0.500. The topological polar surface area (TPSA) is 43.7 Å². The maximum absolute atomic E-state index is 13.6. The molecule has 0 aliphatic heterocycles. The Balaban J connectivity index is 2.76. The smallest absolute Gasteiger partial charge is 0.124 e. The van der Waals surface area contributed by atoms with E-state index in [4.69, 9.17) is 10.2 Å². The highest BCUT2D eigenvalue weighted by Crippen LogP contribution is 2.11. The normalized spacial score (nSPS) is 10.4. The van der Waals surface area contributed by atoms with Crippen molar-refractivity contribution >= 4 is 0 Å². The Hall–Kier alpha value is -1.41. The largest absolute Gasteiger partial charge is 0.396 e. The van der Waals surface area contributed by atoms with Crippen molar-refractivity contribution in [3.63, 3.8) is 0 Å². The number of halogens is 1. The van der Waals surface area contributed by atoms with Crippen LogP contribution in [0.1, 0.15) is 30.9 Å². The minimum atomic E-state index is -0.297. The first-order valence-corrected chi connectivity index (χ1v) is 6.92. The van der Waals surface area contributed by atoms with Crippen LogP contribution in [0.5, 0.6) is 0 Å². The Morgan fingerprint density at radius 1 is 1.20 bits per heavy atom. The molecule has 1 aromatic carbocycles. The van der Waals surface area contributed by atoms with E-state index in [-0.39, 0.29) is 19.0 Å².